The van der Waals surface area contributed by atoms with E-state index in [2.05, 4.69) is 22.0 Å². The van der Waals surface area contributed by atoms with Gasteiger partial charge in [-0.2, -0.15) is 5.10 Å². The summed E-state index contributed by atoms with van der Waals surface area (Å²) in [6.45, 7) is 2.79. The van der Waals surface area contributed by atoms with Crippen molar-refractivity contribution < 1.29 is 9.84 Å². The fraction of sp³-hybridized carbons (Fsp3) is 0.455. The SMILES string of the molecule is CCCn1ncc(OC)c1C(O)c1ncc[nH]1. The lowest BCUT2D eigenvalue weighted by Gasteiger charge is -2.12. The van der Waals surface area contributed by atoms with E-state index in [0.717, 1.165) is 13.0 Å². The number of nitrogens with zero attached hydrogens (tertiary/aromatic N) is 3. The van der Waals surface area contributed by atoms with Crippen molar-refractivity contribution in [1.82, 2.24) is 19.7 Å². The third-order valence-corrected chi connectivity index (χ3v) is 2.54. The smallest absolute Gasteiger partial charge is 0.163 e. The average Bonchev–Trinajstić information content (AvgIpc) is 2.97. The average molecular weight is 236 g/mol. The van der Waals surface area contributed by atoms with Crippen molar-refractivity contribution >= 4 is 0 Å². The Morgan fingerprint density at radius 1 is 1.59 bits per heavy atom. The maximum absolute atomic E-state index is 10.3. The number of aliphatic hydroxyl groups is 1. The topological polar surface area (TPSA) is 76.0 Å². The first kappa shape index (κ1) is 11.7. The van der Waals surface area contributed by atoms with Gasteiger partial charge in [0.15, 0.2) is 11.9 Å². The van der Waals surface area contributed by atoms with E-state index in [1.807, 2.05) is 0 Å². The molecule has 0 saturated carbocycles. The zero-order valence-electron chi connectivity index (χ0n) is 9.92. The van der Waals surface area contributed by atoms with Gasteiger partial charge < -0.3 is 14.8 Å². The Labute approximate surface area is 99.3 Å². The van der Waals surface area contributed by atoms with Gasteiger partial charge in [-0.05, 0) is 6.42 Å². The minimum absolute atomic E-state index is 0.487. The summed E-state index contributed by atoms with van der Waals surface area (Å²) < 4.78 is 6.95. The van der Waals surface area contributed by atoms with Crippen LogP contribution in [-0.4, -0.2) is 32.0 Å². The molecule has 0 aliphatic heterocycles. The van der Waals surface area contributed by atoms with Crippen LogP contribution in [0.25, 0.3) is 0 Å². The van der Waals surface area contributed by atoms with Crippen LogP contribution < -0.4 is 4.74 Å². The third kappa shape index (κ3) is 2.16. The van der Waals surface area contributed by atoms with Crippen molar-refractivity contribution in [2.45, 2.75) is 26.0 Å². The van der Waals surface area contributed by atoms with E-state index in [1.54, 1.807) is 30.4 Å². The molecule has 2 aromatic heterocycles. The molecule has 2 N–H and O–H groups in total. The number of aromatic amines is 1. The number of rotatable bonds is 5. The first-order valence-electron chi connectivity index (χ1n) is 5.55. The van der Waals surface area contributed by atoms with Crippen LogP contribution in [0.2, 0.25) is 0 Å². The van der Waals surface area contributed by atoms with Crippen molar-refractivity contribution in [3.63, 3.8) is 0 Å². The van der Waals surface area contributed by atoms with Crippen LogP contribution in [0.5, 0.6) is 5.75 Å². The van der Waals surface area contributed by atoms with E-state index in [-0.39, 0.29) is 0 Å². The Balaban J connectivity index is 2.38. The molecule has 1 unspecified atom stereocenters. The van der Waals surface area contributed by atoms with Gasteiger partial charge >= 0.3 is 0 Å². The second-order valence-corrected chi connectivity index (χ2v) is 3.70. The molecule has 6 heteroatoms. The van der Waals surface area contributed by atoms with E-state index in [9.17, 15) is 5.11 Å². The number of aliphatic hydroxyl groups excluding tert-OH is 1. The molecule has 0 bridgehead atoms. The molecule has 92 valence electrons. The van der Waals surface area contributed by atoms with Crippen LogP contribution >= 0.6 is 0 Å². The highest BCUT2D eigenvalue weighted by Gasteiger charge is 2.22. The van der Waals surface area contributed by atoms with Crippen molar-refractivity contribution in [3.05, 3.63) is 30.1 Å². The minimum atomic E-state index is -0.853. The van der Waals surface area contributed by atoms with Gasteiger partial charge in [0.2, 0.25) is 0 Å². The number of methoxy groups -OCH3 is 1. The Kier molecular flexibility index (Phi) is 3.43. The van der Waals surface area contributed by atoms with Crippen LogP contribution in [-0.2, 0) is 6.54 Å². The monoisotopic (exact) mass is 236 g/mol. The number of aromatic nitrogens is 4. The van der Waals surface area contributed by atoms with E-state index in [1.165, 1.54) is 0 Å². The maximum Gasteiger partial charge on any atom is 0.163 e. The van der Waals surface area contributed by atoms with Crippen molar-refractivity contribution in [1.29, 1.82) is 0 Å². The number of hydrogen-bond acceptors (Lipinski definition) is 4. The largest absolute Gasteiger partial charge is 0.493 e. The molecule has 0 fully saturated rings. The molecule has 6 nitrogen and oxygen atoms in total. The summed E-state index contributed by atoms with van der Waals surface area (Å²) in [5, 5.41) is 14.5. The van der Waals surface area contributed by atoms with Crippen molar-refractivity contribution in [2.24, 2.45) is 0 Å². The predicted molar refractivity (Wildman–Crippen MR) is 61.7 cm³/mol. The summed E-state index contributed by atoms with van der Waals surface area (Å²) in [4.78, 5) is 6.93. The Hall–Kier alpha value is -1.82. The molecule has 0 amide bonds. The lowest BCUT2D eigenvalue weighted by Crippen LogP contribution is -2.12. The van der Waals surface area contributed by atoms with Crippen molar-refractivity contribution in [2.75, 3.05) is 7.11 Å². The van der Waals surface area contributed by atoms with Gasteiger partial charge in [-0.3, -0.25) is 4.68 Å². The number of hydrogen-bond donors (Lipinski definition) is 2. The van der Waals surface area contributed by atoms with Gasteiger partial charge in [-0.25, -0.2) is 4.98 Å². The second-order valence-electron chi connectivity index (χ2n) is 3.70. The molecule has 1 atom stereocenters. The number of ether oxygens (including phenoxy) is 1. The molecule has 0 aliphatic carbocycles. The van der Waals surface area contributed by atoms with E-state index >= 15 is 0 Å². The summed E-state index contributed by atoms with van der Waals surface area (Å²) in [5.74, 6) is 1.06. The molecule has 0 radical (unpaired) electrons. The van der Waals surface area contributed by atoms with E-state index in [0.29, 0.717) is 17.3 Å². The van der Waals surface area contributed by atoms with E-state index < -0.39 is 6.10 Å². The molecule has 2 rings (SSSR count). The van der Waals surface area contributed by atoms with Gasteiger partial charge in [-0.15, -0.1) is 0 Å². The fourth-order valence-corrected chi connectivity index (χ4v) is 1.76. The quantitative estimate of drug-likeness (QED) is 0.815. The van der Waals surface area contributed by atoms with Crippen LogP contribution in [0.1, 0.15) is 31.0 Å². The van der Waals surface area contributed by atoms with Crippen LogP contribution in [0.15, 0.2) is 18.6 Å². The van der Waals surface area contributed by atoms with Crippen LogP contribution in [0.3, 0.4) is 0 Å². The van der Waals surface area contributed by atoms with Gasteiger partial charge in [0, 0.05) is 18.9 Å². The molecule has 17 heavy (non-hydrogen) atoms. The van der Waals surface area contributed by atoms with Gasteiger partial charge in [0.25, 0.3) is 0 Å². The Bertz CT molecular complexity index is 464. The van der Waals surface area contributed by atoms with Crippen LogP contribution in [0, 0.1) is 0 Å². The zero-order valence-corrected chi connectivity index (χ0v) is 9.92. The summed E-state index contributed by atoms with van der Waals surface area (Å²) in [7, 11) is 1.56. The highest BCUT2D eigenvalue weighted by Crippen LogP contribution is 2.28. The maximum atomic E-state index is 10.3. The first-order chi connectivity index (χ1) is 8.27. The van der Waals surface area contributed by atoms with E-state index in [4.69, 9.17) is 4.74 Å². The van der Waals surface area contributed by atoms with Gasteiger partial charge in [-0.1, -0.05) is 6.92 Å². The number of aryl methyl sites for hydroxylation is 1. The number of nitrogens with one attached hydrogen (secondary N) is 1. The second kappa shape index (κ2) is 5.01. The number of imidazole rings is 1. The lowest BCUT2D eigenvalue weighted by molar-refractivity contribution is 0.193. The number of H-pyrrole nitrogens is 1. The predicted octanol–water partition coefficient (Wildman–Crippen LogP) is 1.11. The summed E-state index contributed by atoms with van der Waals surface area (Å²) >= 11 is 0. The standard InChI is InChI=1S/C11H16N4O2/c1-3-6-15-9(8(17-2)7-14-15)10(16)11-12-4-5-13-11/h4-5,7,10,16H,3,6H2,1-2H3,(H,12,13). The summed E-state index contributed by atoms with van der Waals surface area (Å²) in [6.07, 6.45) is 4.96. The molecule has 2 aromatic rings. The van der Waals surface area contributed by atoms with Crippen LogP contribution in [0.4, 0.5) is 0 Å². The molecule has 0 saturated heterocycles. The first-order valence-corrected chi connectivity index (χ1v) is 5.55. The van der Waals surface area contributed by atoms with Gasteiger partial charge in [0.1, 0.15) is 11.5 Å². The Morgan fingerprint density at radius 2 is 2.41 bits per heavy atom. The Morgan fingerprint density at radius 3 is 3.00 bits per heavy atom. The third-order valence-electron chi connectivity index (χ3n) is 2.54. The highest BCUT2D eigenvalue weighted by atomic mass is 16.5. The lowest BCUT2D eigenvalue weighted by atomic mass is 10.2. The summed E-state index contributed by atoms with van der Waals surface area (Å²) in [6, 6.07) is 0. The summed E-state index contributed by atoms with van der Waals surface area (Å²) in [5.41, 5.74) is 0.629. The molecular formula is C11H16N4O2. The van der Waals surface area contributed by atoms with Crippen molar-refractivity contribution in [3.8, 4) is 5.75 Å². The highest BCUT2D eigenvalue weighted by molar-refractivity contribution is 5.30. The molecule has 2 heterocycles. The minimum Gasteiger partial charge on any atom is -0.493 e. The molecule has 0 spiro atoms. The van der Waals surface area contributed by atoms with Gasteiger partial charge in [0.05, 0.1) is 13.3 Å². The molecular weight excluding hydrogens is 220 g/mol. The zero-order chi connectivity index (χ0) is 12.3. The normalized spacial score (nSPS) is 12.6. The molecule has 0 aromatic carbocycles. The fourth-order valence-electron chi connectivity index (χ4n) is 1.76. The molecule has 0 aliphatic rings.